The summed E-state index contributed by atoms with van der Waals surface area (Å²) >= 11 is 5.63. The molecule has 196 valence electrons. The Morgan fingerprint density at radius 2 is 1.86 bits per heavy atom. The zero-order valence-electron chi connectivity index (χ0n) is 20.2. The lowest BCUT2D eigenvalue weighted by atomic mass is 10.0. The number of nitrogens with one attached hydrogen (secondary N) is 1. The average Bonchev–Trinajstić information content (AvgIpc) is 3.28. The van der Waals surface area contributed by atoms with Crippen LogP contribution in [0.25, 0.3) is 0 Å². The van der Waals surface area contributed by atoms with Crippen LogP contribution >= 0.6 is 11.6 Å². The smallest absolute Gasteiger partial charge is 0.254 e. The van der Waals surface area contributed by atoms with Gasteiger partial charge in [-0.25, -0.2) is 17.2 Å². The van der Waals surface area contributed by atoms with Crippen molar-refractivity contribution in [3.63, 3.8) is 0 Å². The van der Waals surface area contributed by atoms with Gasteiger partial charge in [-0.15, -0.1) is 0 Å². The summed E-state index contributed by atoms with van der Waals surface area (Å²) in [6.45, 7) is 4.70. The van der Waals surface area contributed by atoms with Gasteiger partial charge in [-0.1, -0.05) is 31.5 Å². The highest BCUT2D eigenvalue weighted by atomic mass is 35.5. The van der Waals surface area contributed by atoms with Crippen molar-refractivity contribution in [2.45, 2.75) is 69.2 Å². The van der Waals surface area contributed by atoms with E-state index in [4.69, 9.17) is 11.6 Å². The molecule has 0 aliphatic carbocycles. The molecule has 0 spiro atoms. The van der Waals surface area contributed by atoms with Gasteiger partial charge < -0.3 is 15.3 Å². The number of hydrogen-bond acceptors (Lipinski definition) is 5. The molecule has 11 heteroatoms. The summed E-state index contributed by atoms with van der Waals surface area (Å²) in [5.41, 5.74) is -0.152. The van der Waals surface area contributed by atoms with Crippen LogP contribution < -0.4 is 5.32 Å². The molecular formula is C25H29ClF2N2O5S. The topological polar surface area (TPSA) is 104 Å². The molecule has 0 unspecified atom stereocenters. The van der Waals surface area contributed by atoms with Gasteiger partial charge >= 0.3 is 0 Å². The Balaban J connectivity index is 1.92. The third kappa shape index (κ3) is 5.71. The number of nitrogens with zero attached hydrogens (tertiary/aromatic N) is 1. The molecule has 1 aliphatic rings. The molecule has 2 aromatic rings. The van der Waals surface area contributed by atoms with Crippen LogP contribution in [0.3, 0.4) is 0 Å². The fourth-order valence-corrected chi connectivity index (χ4v) is 5.55. The summed E-state index contributed by atoms with van der Waals surface area (Å²) in [6.07, 6.45) is 0.107. The van der Waals surface area contributed by atoms with Gasteiger partial charge in [-0.2, -0.15) is 0 Å². The van der Waals surface area contributed by atoms with Gasteiger partial charge in [0.2, 0.25) is 5.91 Å². The van der Waals surface area contributed by atoms with E-state index < -0.39 is 56.5 Å². The minimum Gasteiger partial charge on any atom is -0.391 e. The highest BCUT2D eigenvalue weighted by Crippen LogP contribution is 2.31. The van der Waals surface area contributed by atoms with Gasteiger partial charge in [0, 0.05) is 17.2 Å². The van der Waals surface area contributed by atoms with E-state index in [0.29, 0.717) is 19.3 Å². The van der Waals surface area contributed by atoms with E-state index in [-0.39, 0.29) is 27.8 Å². The standard InChI is InChI=1S/C25H29ClF2N2O5S/c1-4-16-9-10-22(30(16)25(33)15-7-6-8-17(11-15)36(34,35)5-2)24(32)29-23(14(3)31)18-12-21(28)19(26)13-20(18)27/h6-8,11-14,16,22-23,31H,4-5,9-10H2,1-3H3,(H,29,32)/t14-,16+,22+,23+/m0/s1. The molecule has 0 saturated carbocycles. The van der Waals surface area contributed by atoms with Crippen LogP contribution in [0.1, 0.15) is 62.0 Å². The molecule has 3 rings (SSSR count). The summed E-state index contributed by atoms with van der Waals surface area (Å²) in [4.78, 5) is 28.2. The number of likely N-dealkylation sites (tertiary alicyclic amines) is 1. The van der Waals surface area contributed by atoms with Crippen LogP contribution in [0.2, 0.25) is 5.02 Å². The minimum atomic E-state index is -3.55. The molecule has 0 radical (unpaired) electrons. The van der Waals surface area contributed by atoms with Crippen LogP contribution in [-0.2, 0) is 14.6 Å². The number of aliphatic hydroxyl groups excluding tert-OH is 1. The van der Waals surface area contributed by atoms with Crippen LogP contribution in [0.15, 0.2) is 41.3 Å². The Morgan fingerprint density at radius 1 is 1.17 bits per heavy atom. The molecule has 0 bridgehead atoms. The number of carbonyl (C=O) groups excluding carboxylic acids is 2. The van der Waals surface area contributed by atoms with Crippen LogP contribution in [0, 0.1) is 11.6 Å². The van der Waals surface area contributed by atoms with Crippen molar-refractivity contribution in [2.24, 2.45) is 0 Å². The fraction of sp³-hybridized carbons (Fsp3) is 0.440. The Hall–Kier alpha value is -2.56. The van der Waals surface area contributed by atoms with Crippen molar-refractivity contribution in [3.8, 4) is 0 Å². The summed E-state index contributed by atoms with van der Waals surface area (Å²) < 4.78 is 53.2. The van der Waals surface area contributed by atoms with Gasteiger partial charge in [0.1, 0.15) is 17.7 Å². The Morgan fingerprint density at radius 3 is 2.47 bits per heavy atom. The van der Waals surface area contributed by atoms with Crippen molar-refractivity contribution in [1.82, 2.24) is 10.2 Å². The van der Waals surface area contributed by atoms with Gasteiger partial charge in [-0.05, 0) is 56.5 Å². The first-order chi connectivity index (χ1) is 16.9. The third-order valence-corrected chi connectivity index (χ3v) is 8.51. The highest BCUT2D eigenvalue weighted by Gasteiger charge is 2.41. The molecular weight excluding hydrogens is 514 g/mol. The van der Waals surface area contributed by atoms with E-state index in [9.17, 15) is 31.9 Å². The van der Waals surface area contributed by atoms with Crippen LogP contribution in [-0.4, -0.2) is 54.2 Å². The molecule has 1 aliphatic heterocycles. The normalized spacial score (nSPS) is 19.7. The number of benzene rings is 2. The Labute approximate surface area is 214 Å². The van der Waals surface area contributed by atoms with E-state index >= 15 is 0 Å². The third-order valence-electron chi connectivity index (χ3n) is 6.49. The molecule has 1 heterocycles. The largest absolute Gasteiger partial charge is 0.391 e. The predicted octanol–water partition coefficient (Wildman–Crippen LogP) is 4.03. The highest BCUT2D eigenvalue weighted by molar-refractivity contribution is 7.91. The maximum absolute atomic E-state index is 14.5. The number of hydrogen-bond donors (Lipinski definition) is 2. The molecule has 1 saturated heterocycles. The first-order valence-electron chi connectivity index (χ1n) is 11.7. The van der Waals surface area contributed by atoms with Crippen molar-refractivity contribution >= 4 is 33.3 Å². The van der Waals surface area contributed by atoms with Gasteiger partial charge in [0.15, 0.2) is 9.84 Å². The molecule has 1 fully saturated rings. The lowest BCUT2D eigenvalue weighted by Crippen LogP contribution is -2.50. The maximum Gasteiger partial charge on any atom is 0.254 e. The molecule has 2 N–H and O–H groups in total. The Bertz CT molecular complexity index is 1260. The van der Waals surface area contributed by atoms with Gasteiger partial charge in [0.05, 0.1) is 27.8 Å². The molecule has 7 nitrogen and oxygen atoms in total. The number of aliphatic hydroxyl groups is 1. The van der Waals surface area contributed by atoms with Crippen LogP contribution in [0.5, 0.6) is 0 Å². The number of sulfone groups is 1. The molecule has 4 atom stereocenters. The second-order valence-electron chi connectivity index (χ2n) is 8.81. The summed E-state index contributed by atoms with van der Waals surface area (Å²) in [7, 11) is -3.55. The van der Waals surface area contributed by atoms with E-state index in [0.717, 1.165) is 12.1 Å². The first-order valence-corrected chi connectivity index (χ1v) is 13.7. The van der Waals surface area contributed by atoms with E-state index in [1.165, 1.54) is 43.0 Å². The molecule has 2 amide bonds. The number of rotatable bonds is 8. The quantitative estimate of drug-likeness (QED) is 0.490. The second kappa shape index (κ2) is 11.2. The lowest BCUT2D eigenvalue weighted by molar-refractivity contribution is -0.126. The van der Waals surface area contributed by atoms with E-state index in [1.54, 1.807) is 0 Å². The average molecular weight is 543 g/mol. The van der Waals surface area contributed by atoms with Crippen molar-refractivity contribution < 1.29 is 31.9 Å². The zero-order valence-corrected chi connectivity index (χ0v) is 21.7. The maximum atomic E-state index is 14.5. The van der Waals surface area contributed by atoms with Crippen LogP contribution in [0.4, 0.5) is 8.78 Å². The van der Waals surface area contributed by atoms with Gasteiger partial charge in [-0.3, -0.25) is 9.59 Å². The predicted molar refractivity (Wildman–Crippen MR) is 131 cm³/mol. The number of amides is 2. The molecule has 2 aromatic carbocycles. The summed E-state index contributed by atoms with van der Waals surface area (Å²) in [5.74, 6) is -3.08. The van der Waals surface area contributed by atoms with Crippen molar-refractivity contribution in [1.29, 1.82) is 0 Å². The summed E-state index contributed by atoms with van der Waals surface area (Å²) in [6, 6.07) is 4.74. The second-order valence-corrected chi connectivity index (χ2v) is 11.5. The van der Waals surface area contributed by atoms with Crippen molar-refractivity contribution in [2.75, 3.05) is 5.75 Å². The van der Waals surface area contributed by atoms with E-state index in [2.05, 4.69) is 5.32 Å². The number of carbonyl (C=O) groups is 2. The first kappa shape index (κ1) is 28.0. The zero-order chi connectivity index (χ0) is 26.8. The molecule has 36 heavy (non-hydrogen) atoms. The minimum absolute atomic E-state index is 0.0125. The van der Waals surface area contributed by atoms with Crippen molar-refractivity contribution in [3.05, 3.63) is 64.2 Å². The fourth-order valence-electron chi connectivity index (χ4n) is 4.47. The summed E-state index contributed by atoms with van der Waals surface area (Å²) in [5, 5.41) is 12.4. The lowest BCUT2D eigenvalue weighted by Gasteiger charge is -2.31. The SMILES string of the molecule is CC[C@@H]1CC[C@H](C(=O)N[C@@H](c2cc(F)c(Cl)cc2F)[C@H](C)O)N1C(=O)c1cccc(S(=O)(=O)CC)c1. The molecule has 0 aromatic heterocycles. The Kier molecular flexibility index (Phi) is 8.74. The van der Waals surface area contributed by atoms with Gasteiger partial charge in [0.25, 0.3) is 5.91 Å². The monoisotopic (exact) mass is 542 g/mol. The van der Waals surface area contributed by atoms with E-state index in [1.807, 2.05) is 6.92 Å². The number of halogens is 3.